The number of hydrogen-bond acceptors (Lipinski definition) is 4. The monoisotopic (exact) mass is 391 g/mol. The molecular formula is C21H26ClNO4. The predicted octanol–water partition coefficient (Wildman–Crippen LogP) is 5.22. The van der Waals surface area contributed by atoms with E-state index in [1.165, 1.54) is 49.6 Å². The molecule has 0 aliphatic carbocycles. The summed E-state index contributed by atoms with van der Waals surface area (Å²) in [6.07, 6.45) is 8.69. The summed E-state index contributed by atoms with van der Waals surface area (Å²) in [6, 6.07) is 11.2. The Kier molecular flexibility index (Phi) is 15.1. The van der Waals surface area contributed by atoms with Gasteiger partial charge in [-0.2, -0.15) is 0 Å². The molecular weight excluding hydrogens is 366 g/mol. The SMILES string of the molecule is C=CCOC(=O)c1ccc(C(=O)O)cc1.CCCCCCl.c1ccncc1. The second-order valence-corrected chi connectivity index (χ2v) is 5.57. The number of alkyl halides is 1. The number of carbonyl (C=O) groups excluding carboxylic acids is 1. The van der Waals surface area contributed by atoms with E-state index in [-0.39, 0.29) is 12.2 Å². The van der Waals surface area contributed by atoms with Gasteiger partial charge in [-0.25, -0.2) is 9.59 Å². The van der Waals surface area contributed by atoms with E-state index in [1.54, 1.807) is 12.4 Å². The van der Waals surface area contributed by atoms with Crippen LogP contribution in [0.3, 0.4) is 0 Å². The van der Waals surface area contributed by atoms with Crippen LogP contribution in [-0.2, 0) is 4.74 Å². The lowest BCUT2D eigenvalue weighted by atomic mass is 10.1. The van der Waals surface area contributed by atoms with E-state index in [0.717, 1.165) is 5.88 Å². The highest BCUT2D eigenvalue weighted by Gasteiger charge is 2.07. The van der Waals surface area contributed by atoms with E-state index in [4.69, 9.17) is 21.4 Å². The van der Waals surface area contributed by atoms with Crippen LogP contribution in [0.2, 0.25) is 0 Å². The van der Waals surface area contributed by atoms with Gasteiger partial charge >= 0.3 is 11.9 Å². The number of aromatic nitrogens is 1. The average molecular weight is 392 g/mol. The molecule has 0 amide bonds. The molecule has 0 saturated carbocycles. The number of carboxylic acid groups (broad SMARTS) is 1. The van der Waals surface area contributed by atoms with Crippen molar-refractivity contribution < 1.29 is 19.4 Å². The topological polar surface area (TPSA) is 76.5 Å². The number of carboxylic acids is 1. The summed E-state index contributed by atoms with van der Waals surface area (Å²) in [5, 5.41) is 8.63. The van der Waals surface area contributed by atoms with Crippen molar-refractivity contribution in [3.8, 4) is 0 Å². The molecule has 0 aliphatic rings. The molecule has 5 nitrogen and oxygen atoms in total. The number of ether oxygens (including phenoxy) is 1. The first-order chi connectivity index (χ1) is 13.1. The van der Waals surface area contributed by atoms with E-state index in [1.807, 2.05) is 18.2 Å². The Morgan fingerprint density at radius 2 is 1.70 bits per heavy atom. The molecule has 1 heterocycles. The number of esters is 1. The van der Waals surface area contributed by atoms with Crippen molar-refractivity contribution in [2.75, 3.05) is 12.5 Å². The summed E-state index contributed by atoms with van der Waals surface area (Å²) in [5.41, 5.74) is 0.456. The Bertz CT molecular complexity index is 614. The highest BCUT2D eigenvalue weighted by Crippen LogP contribution is 2.06. The van der Waals surface area contributed by atoms with E-state index in [9.17, 15) is 9.59 Å². The molecule has 1 aromatic heterocycles. The molecule has 0 unspecified atom stereocenters. The van der Waals surface area contributed by atoms with Crippen LogP contribution in [0.25, 0.3) is 0 Å². The zero-order valence-electron chi connectivity index (χ0n) is 15.5. The van der Waals surface area contributed by atoms with Gasteiger partial charge in [-0.05, 0) is 42.8 Å². The molecule has 146 valence electrons. The maximum Gasteiger partial charge on any atom is 0.338 e. The quantitative estimate of drug-likeness (QED) is 0.303. The van der Waals surface area contributed by atoms with E-state index in [0.29, 0.717) is 5.56 Å². The minimum Gasteiger partial charge on any atom is -0.478 e. The third kappa shape index (κ3) is 13.2. The molecule has 0 aliphatic heterocycles. The zero-order chi connectivity index (χ0) is 20.3. The smallest absolute Gasteiger partial charge is 0.338 e. The molecule has 1 N–H and O–H groups in total. The number of rotatable bonds is 7. The summed E-state index contributed by atoms with van der Waals surface area (Å²) in [6.45, 7) is 5.72. The number of unbranched alkanes of at least 4 members (excludes halogenated alkanes) is 2. The summed E-state index contributed by atoms with van der Waals surface area (Å²) in [5.74, 6) is -0.693. The second kappa shape index (κ2) is 16.8. The molecule has 2 aromatic rings. The maximum absolute atomic E-state index is 11.3. The first kappa shape index (κ1) is 24.3. The molecule has 6 heteroatoms. The molecule has 27 heavy (non-hydrogen) atoms. The number of nitrogens with zero attached hydrogens (tertiary/aromatic N) is 1. The largest absolute Gasteiger partial charge is 0.478 e. The van der Waals surface area contributed by atoms with Crippen molar-refractivity contribution in [1.29, 1.82) is 0 Å². The minimum atomic E-state index is -1.03. The van der Waals surface area contributed by atoms with Gasteiger partial charge in [0.1, 0.15) is 6.61 Å². The van der Waals surface area contributed by atoms with Gasteiger partial charge in [0.25, 0.3) is 0 Å². The highest BCUT2D eigenvalue weighted by molar-refractivity contribution is 6.17. The molecule has 0 spiro atoms. The van der Waals surface area contributed by atoms with Crippen molar-refractivity contribution in [3.05, 3.63) is 78.6 Å². The number of hydrogen-bond donors (Lipinski definition) is 1. The van der Waals surface area contributed by atoms with Crippen LogP contribution in [0.5, 0.6) is 0 Å². The van der Waals surface area contributed by atoms with E-state index < -0.39 is 11.9 Å². The summed E-state index contributed by atoms with van der Waals surface area (Å²) >= 11 is 5.38. The average Bonchev–Trinajstić information content (AvgIpc) is 2.72. The number of carbonyl (C=O) groups is 2. The van der Waals surface area contributed by atoms with Gasteiger partial charge in [0, 0.05) is 18.3 Å². The van der Waals surface area contributed by atoms with Crippen LogP contribution in [0.15, 0.2) is 67.5 Å². The molecule has 0 fully saturated rings. The van der Waals surface area contributed by atoms with Crippen molar-refractivity contribution in [3.63, 3.8) is 0 Å². The number of pyridine rings is 1. The second-order valence-electron chi connectivity index (χ2n) is 5.19. The Morgan fingerprint density at radius 1 is 1.11 bits per heavy atom. The van der Waals surface area contributed by atoms with E-state index >= 15 is 0 Å². The lowest BCUT2D eigenvalue weighted by Crippen LogP contribution is -2.05. The summed E-state index contributed by atoms with van der Waals surface area (Å²) in [4.78, 5) is 25.6. The Labute approximate surface area is 165 Å². The summed E-state index contributed by atoms with van der Waals surface area (Å²) < 4.78 is 4.77. The fraction of sp³-hybridized carbons (Fsp3) is 0.286. The van der Waals surface area contributed by atoms with Gasteiger partial charge in [0.15, 0.2) is 0 Å². The van der Waals surface area contributed by atoms with Crippen molar-refractivity contribution >= 4 is 23.5 Å². The molecule has 0 radical (unpaired) electrons. The van der Waals surface area contributed by atoms with Gasteiger partial charge in [-0.15, -0.1) is 11.6 Å². The molecule has 2 rings (SSSR count). The van der Waals surface area contributed by atoms with Crippen LogP contribution in [0, 0.1) is 0 Å². The molecule has 0 bridgehead atoms. The fourth-order valence-corrected chi connectivity index (χ4v) is 1.81. The van der Waals surface area contributed by atoms with Gasteiger partial charge in [-0.3, -0.25) is 4.98 Å². The third-order valence-electron chi connectivity index (χ3n) is 3.00. The predicted molar refractivity (Wildman–Crippen MR) is 108 cm³/mol. The van der Waals surface area contributed by atoms with Crippen molar-refractivity contribution in [2.24, 2.45) is 0 Å². The van der Waals surface area contributed by atoms with Crippen molar-refractivity contribution in [2.45, 2.75) is 26.2 Å². The lowest BCUT2D eigenvalue weighted by molar-refractivity contribution is 0.0548. The lowest BCUT2D eigenvalue weighted by Gasteiger charge is -2.01. The first-order valence-electron chi connectivity index (χ1n) is 8.59. The van der Waals surface area contributed by atoms with Crippen LogP contribution in [-0.4, -0.2) is 34.5 Å². The number of halogens is 1. The highest BCUT2D eigenvalue weighted by atomic mass is 35.5. The van der Waals surface area contributed by atoms with Gasteiger partial charge in [0.2, 0.25) is 0 Å². The number of aromatic carboxylic acids is 1. The van der Waals surface area contributed by atoms with Gasteiger partial charge in [0.05, 0.1) is 11.1 Å². The standard InChI is InChI=1S/C11H10O4.C5H11Cl.C5H5N/c1-2-7-15-11(14)9-5-3-8(4-6-9)10(12)13;1-2-3-4-5-6;1-2-4-6-5-3-1/h2-6H,1,7H2,(H,12,13);2-5H2,1H3;1-5H. The summed E-state index contributed by atoms with van der Waals surface area (Å²) in [7, 11) is 0. The van der Waals surface area contributed by atoms with Crippen molar-refractivity contribution in [1.82, 2.24) is 4.98 Å². The number of benzene rings is 1. The van der Waals surface area contributed by atoms with Gasteiger partial charge in [-0.1, -0.05) is 38.5 Å². The van der Waals surface area contributed by atoms with Crippen LogP contribution in [0.1, 0.15) is 46.9 Å². The Hall–Kier alpha value is -2.66. The Balaban J connectivity index is 0.000000461. The van der Waals surface area contributed by atoms with Gasteiger partial charge < -0.3 is 9.84 Å². The molecule has 0 atom stereocenters. The minimum absolute atomic E-state index is 0.135. The van der Waals surface area contributed by atoms with Crippen LogP contribution in [0.4, 0.5) is 0 Å². The fourth-order valence-electron chi connectivity index (χ4n) is 1.62. The van der Waals surface area contributed by atoms with Crippen LogP contribution < -0.4 is 0 Å². The Morgan fingerprint density at radius 3 is 2.04 bits per heavy atom. The normalized spacial score (nSPS) is 8.96. The maximum atomic E-state index is 11.3. The third-order valence-corrected chi connectivity index (χ3v) is 3.27. The molecule has 0 saturated heterocycles. The van der Waals surface area contributed by atoms with Crippen LogP contribution >= 0.6 is 11.6 Å². The first-order valence-corrected chi connectivity index (χ1v) is 9.12. The zero-order valence-corrected chi connectivity index (χ0v) is 16.3. The van der Waals surface area contributed by atoms with E-state index in [2.05, 4.69) is 18.5 Å². The molecule has 1 aromatic carbocycles.